The van der Waals surface area contributed by atoms with E-state index in [1.165, 1.54) is 0 Å². The van der Waals surface area contributed by atoms with Gasteiger partial charge in [-0.15, -0.1) is 0 Å². The maximum atomic E-state index is 11.1. The van der Waals surface area contributed by atoms with Crippen LogP contribution in [-0.2, 0) is 9.53 Å². The molecule has 0 aliphatic rings. The molecule has 1 atom stereocenters. The van der Waals surface area contributed by atoms with Crippen LogP contribution in [0.25, 0.3) is 0 Å². The maximum Gasteiger partial charge on any atom is 0.306 e. The van der Waals surface area contributed by atoms with Gasteiger partial charge in [-0.1, -0.05) is 13.8 Å². The molecule has 0 aromatic rings. The first kappa shape index (κ1) is 12.4. The largest absolute Gasteiger partial charge is 0.466 e. The zero-order valence-corrected chi connectivity index (χ0v) is 8.88. The quantitative estimate of drug-likeness (QED) is 0.642. The SMILES string of the molecule is CCOC(=O)C[C@@H](CN)CC(C)C. The average Bonchev–Trinajstić information content (AvgIpc) is 2.02. The molecule has 78 valence electrons. The molecule has 0 saturated carbocycles. The van der Waals surface area contributed by atoms with Crippen molar-refractivity contribution in [2.24, 2.45) is 17.6 Å². The van der Waals surface area contributed by atoms with E-state index in [2.05, 4.69) is 13.8 Å². The molecule has 0 radical (unpaired) electrons. The number of esters is 1. The van der Waals surface area contributed by atoms with Crippen molar-refractivity contribution in [1.29, 1.82) is 0 Å². The predicted octanol–water partition coefficient (Wildman–Crippen LogP) is 1.56. The summed E-state index contributed by atoms with van der Waals surface area (Å²) < 4.78 is 4.86. The molecule has 13 heavy (non-hydrogen) atoms. The minimum Gasteiger partial charge on any atom is -0.466 e. The van der Waals surface area contributed by atoms with Crippen molar-refractivity contribution in [2.45, 2.75) is 33.6 Å². The number of rotatable bonds is 6. The summed E-state index contributed by atoms with van der Waals surface area (Å²) in [5.41, 5.74) is 5.56. The third-order valence-corrected chi connectivity index (χ3v) is 1.90. The molecule has 0 aromatic heterocycles. The molecule has 0 amide bonds. The van der Waals surface area contributed by atoms with Crippen molar-refractivity contribution in [3.05, 3.63) is 0 Å². The molecule has 0 rings (SSSR count). The van der Waals surface area contributed by atoms with Gasteiger partial charge in [-0.25, -0.2) is 0 Å². The van der Waals surface area contributed by atoms with Crippen molar-refractivity contribution in [3.8, 4) is 0 Å². The number of ether oxygens (including phenoxy) is 1. The van der Waals surface area contributed by atoms with Gasteiger partial charge in [-0.05, 0) is 31.7 Å². The highest BCUT2D eigenvalue weighted by Crippen LogP contribution is 2.14. The highest BCUT2D eigenvalue weighted by atomic mass is 16.5. The summed E-state index contributed by atoms with van der Waals surface area (Å²) in [5.74, 6) is 0.737. The first-order valence-corrected chi connectivity index (χ1v) is 4.95. The van der Waals surface area contributed by atoms with Crippen molar-refractivity contribution in [1.82, 2.24) is 0 Å². The number of nitrogens with two attached hydrogens (primary N) is 1. The molecule has 0 spiro atoms. The monoisotopic (exact) mass is 187 g/mol. The summed E-state index contributed by atoms with van der Waals surface area (Å²) in [6, 6.07) is 0. The van der Waals surface area contributed by atoms with Gasteiger partial charge < -0.3 is 10.5 Å². The molecule has 0 aliphatic heterocycles. The summed E-state index contributed by atoms with van der Waals surface area (Å²) in [6.07, 6.45) is 1.46. The van der Waals surface area contributed by atoms with Crippen molar-refractivity contribution in [2.75, 3.05) is 13.2 Å². The van der Waals surface area contributed by atoms with E-state index in [0.29, 0.717) is 25.5 Å². The Labute approximate surface area is 80.6 Å². The highest BCUT2D eigenvalue weighted by Gasteiger charge is 2.14. The van der Waals surface area contributed by atoms with Crippen LogP contribution in [0.1, 0.15) is 33.6 Å². The van der Waals surface area contributed by atoms with E-state index >= 15 is 0 Å². The average molecular weight is 187 g/mol. The maximum absolute atomic E-state index is 11.1. The van der Waals surface area contributed by atoms with Crippen LogP contribution >= 0.6 is 0 Å². The molecule has 2 N–H and O–H groups in total. The second-order valence-corrected chi connectivity index (χ2v) is 3.74. The number of carbonyl (C=O) groups excluding carboxylic acids is 1. The van der Waals surface area contributed by atoms with Crippen LogP contribution in [0.4, 0.5) is 0 Å². The van der Waals surface area contributed by atoms with Crippen LogP contribution < -0.4 is 5.73 Å². The predicted molar refractivity (Wildman–Crippen MR) is 53.2 cm³/mol. The minimum absolute atomic E-state index is 0.126. The van der Waals surface area contributed by atoms with E-state index in [0.717, 1.165) is 6.42 Å². The minimum atomic E-state index is -0.126. The molecule has 0 unspecified atom stereocenters. The lowest BCUT2D eigenvalue weighted by Gasteiger charge is -2.15. The van der Waals surface area contributed by atoms with Gasteiger partial charge >= 0.3 is 5.97 Å². The van der Waals surface area contributed by atoms with Gasteiger partial charge in [0, 0.05) is 6.42 Å². The summed E-state index contributed by atoms with van der Waals surface area (Å²) in [5, 5.41) is 0. The number of hydrogen-bond donors (Lipinski definition) is 1. The molecule has 0 saturated heterocycles. The van der Waals surface area contributed by atoms with Gasteiger partial charge in [0.05, 0.1) is 6.61 Å². The molecule has 0 heterocycles. The molecular weight excluding hydrogens is 166 g/mol. The number of hydrogen-bond acceptors (Lipinski definition) is 3. The molecule has 0 fully saturated rings. The Hall–Kier alpha value is -0.570. The Bertz CT molecular complexity index is 146. The normalized spacial score (nSPS) is 13.0. The van der Waals surface area contributed by atoms with Crippen molar-refractivity contribution >= 4 is 5.97 Å². The van der Waals surface area contributed by atoms with Crippen LogP contribution in [0.5, 0.6) is 0 Å². The van der Waals surface area contributed by atoms with E-state index in [1.54, 1.807) is 0 Å². The van der Waals surface area contributed by atoms with E-state index in [4.69, 9.17) is 10.5 Å². The van der Waals surface area contributed by atoms with Crippen molar-refractivity contribution in [3.63, 3.8) is 0 Å². The first-order chi connectivity index (χ1) is 6.10. The second kappa shape index (κ2) is 6.89. The van der Waals surface area contributed by atoms with Gasteiger partial charge in [-0.2, -0.15) is 0 Å². The van der Waals surface area contributed by atoms with Crippen LogP contribution in [0.2, 0.25) is 0 Å². The topological polar surface area (TPSA) is 52.3 Å². The van der Waals surface area contributed by atoms with Gasteiger partial charge in [0.2, 0.25) is 0 Å². The third kappa shape index (κ3) is 6.58. The summed E-state index contributed by atoms with van der Waals surface area (Å²) in [7, 11) is 0. The molecule has 3 nitrogen and oxygen atoms in total. The van der Waals surface area contributed by atoms with E-state index in [1.807, 2.05) is 6.92 Å². The van der Waals surface area contributed by atoms with E-state index < -0.39 is 0 Å². The Balaban J connectivity index is 3.76. The fourth-order valence-corrected chi connectivity index (χ4v) is 1.39. The highest BCUT2D eigenvalue weighted by molar-refractivity contribution is 5.69. The van der Waals surface area contributed by atoms with E-state index in [-0.39, 0.29) is 11.9 Å². The second-order valence-electron chi connectivity index (χ2n) is 3.74. The summed E-state index contributed by atoms with van der Waals surface area (Å²) in [6.45, 7) is 7.11. The molecule has 0 aliphatic carbocycles. The lowest BCUT2D eigenvalue weighted by atomic mass is 9.94. The Morgan fingerprint density at radius 2 is 2.08 bits per heavy atom. The van der Waals surface area contributed by atoms with Gasteiger partial charge in [0.1, 0.15) is 0 Å². The first-order valence-electron chi connectivity index (χ1n) is 4.95. The lowest BCUT2D eigenvalue weighted by Crippen LogP contribution is -2.21. The van der Waals surface area contributed by atoms with Gasteiger partial charge in [0.25, 0.3) is 0 Å². The molecular formula is C10H21NO2. The zero-order chi connectivity index (χ0) is 10.3. The Morgan fingerprint density at radius 1 is 1.46 bits per heavy atom. The third-order valence-electron chi connectivity index (χ3n) is 1.90. The smallest absolute Gasteiger partial charge is 0.306 e. The van der Waals surface area contributed by atoms with Gasteiger partial charge in [0.15, 0.2) is 0 Å². The van der Waals surface area contributed by atoms with E-state index in [9.17, 15) is 4.79 Å². The number of carbonyl (C=O) groups is 1. The molecule has 3 heteroatoms. The van der Waals surface area contributed by atoms with Crippen molar-refractivity contribution < 1.29 is 9.53 Å². The summed E-state index contributed by atoms with van der Waals surface area (Å²) in [4.78, 5) is 11.1. The van der Waals surface area contributed by atoms with Crippen LogP contribution in [0.3, 0.4) is 0 Å². The van der Waals surface area contributed by atoms with Crippen LogP contribution in [0, 0.1) is 11.8 Å². The Kier molecular flexibility index (Phi) is 6.59. The molecule has 0 aromatic carbocycles. The lowest BCUT2D eigenvalue weighted by molar-refractivity contribution is -0.144. The fraction of sp³-hybridized carbons (Fsp3) is 0.900. The molecule has 0 bridgehead atoms. The summed E-state index contributed by atoms with van der Waals surface area (Å²) >= 11 is 0. The van der Waals surface area contributed by atoms with Crippen LogP contribution in [0.15, 0.2) is 0 Å². The fourth-order valence-electron chi connectivity index (χ4n) is 1.39. The zero-order valence-electron chi connectivity index (χ0n) is 8.88. The standard InChI is InChI=1S/C10H21NO2/c1-4-13-10(12)6-9(7-11)5-8(2)3/h8-9H,4-7,11H2,1-3H3/t9-/m0/s1. The van der Waals surface area contributed by atoms with Gasteiger partial charge in [-0.3, -0.25) is 4.79 Å². The Morgan fingerprint density at radius 3 is 2.46 bits per heavy atom. The van der Waals surface area contributed by atoms with Crippen LogP contribution in [-0.4, -0.2) is 19.1 Å².